The molecule has 88 valence electrons. The maximum Gasteiger partial charge on any atom is 0.305 e. The van der Waals surface area contributed by atoms with Crippen LogP contribution in [0.2, 0.25) is 0 Å². The molecule has 0 atom stereocenters. The monoisotopic (exact) mass is 223 g/mol. The normalized spacial score (nSPS) is 9.88. The number of methoxy groups -OCH3 is 2. The van der Waals surface area contributed by atoms with Gasteiger partial charge in [-0.3, -0.25) is 4.79 Å². The van der Waals surface area contributed by atoms with E-state index < -0.39 is 0 Å². The Morgan fingerprint density at radius 2 is 2.12 bits per heavy atom. The number of benzene rings is 1. The van der Waals surface area contributed by atoms with Crippen molar-refractivity contribution in [1.82, 2.24) is 0 Å². The van der Waals surface area contributed by atoms with Gasteiger partial charge in [-0.15, -0.1) is 0 Å². The van der Waals surface area contributed by atoms with E-state index in [1.165, 1.54) is 7.11 Å². The fourth-order valence-corrected chi connectivity index (χ4v) is 1.48. The van der Waals surface area contributed by atoms with Gasteiger partial charge in [-0.1, -0.05) is 6.07 Å². The van der Waals surface area contributed by atoms with Gasteiger partial charge in [0.25, 0.3) is 0 Å². The Morgan fingerprint density at radius 3 is 2.69 bits per heavy atom. The highest BCUT2D eigenvalue weighted by Crippen LogP contribution is 2.22. The zero-order valence-corrected chi connectivity index (χ0v) is 9.66. The van der Waals surface area contributed by atoms with Crippen molar-refractivity contribution < 1.29 is 14.3 Å². The van der Waals surface area contributed by atoms with Gasteiger partial charge >= 0.3 is 5.97 Å². The highest BCUT2D eigenvalue weighted by molar-refractivity contribution is 5.69. The van der Waals surface area contributed by atoms with Crippen LogP contribution in [0.3, 0.4) is 0 Å². The summed E-state index contributed by atoms with van der Waals surface area (Å²) in [7, 11) is 2.98. The quantitative estimate of drug-likeness (QED) is 0.610. The van der Waals surface area contributed by atoms with Gasteiger partial charge in [0, 0.05) is 6.42 Å². The molecule has 0 radical (unpaired) electrons. The third-order valence-electron chi connectivity index (χ3n) is 2.37. The number of hydrogen-bond acceptors (Lipinski definition) is 4. The highest BCUT2D eigenvalue weighted by Gasteiger charge is 2.03. The topological polar surface area (TPSA) is 61.5 Å². The molecule has 0 spiro atoms. The zero-order valence-electron chi connectivity index (χ0n) is 9.66. The zero-order chi connectivity index (χ0) is 12.0. The highest BCUT2D eigenvalue weighted by atomic mass is 16.5. The molecule has 0 heterocycles. The summed E-state index contributed by atoms with van der Waals surface area (Å²) in [5, 5.41) is 0. The standard InChI is InChI=1S/C12H17NO3/c1-15-11-7-6-9(8-10(11)13)4-3-5-12(14)16-2/h6-8H,3-5,13H2,1-2H3. The van der Waals surface area contributed by atoms with Crippen molar-refractivity contribution in [3.05, 3.63) is 23.8 Å². The predicted molar refractivity (Wildman–Crippen MR) is 62.4 cm³/mol. The Bertz CT molecular complexity index is 363. The number of anilines is 1. The summed E-state index contributed by atoms with van der Waals surface area (Å²) in [4.78, 5) is 10.9. The minimum absolute atomic E-state index is 0.179. The lowest BCUT2D eigenvalue weighted by molar-refractivity contribution is -0.140. The van der Waals surface area contributed by atoms with Crippen LogP contribution in [0, 0.1) is 0 Å². The lowest BCUT2D eigenvalue weighted by atomic mass is 10.1. The molecule has 4 heteroatoms. The van der Waals surface area contributed by atoms with E-state index in [-0.39, 0.29) is 5.97 Å². The Labute approximate surface area is 95.3 Å². The number of carbonyl (C=O) groups is 1. The molecule has 0 aliphatic heterocycles. The lowest BCUT2D eigenvalue weighted by Gasteiger charge is -2.06. The second-order valence-corrected chi connectivity index (χ2v) is 3.51. The van der Waals surface area contributed by atoms with Gasteiger partial charge in [-0.05, 0) is 30.5 Å². The van der Waals surface area contributed by atoms with Gasteiger partial charge in [0.1, 0.15) is 5.75 Å². The number of hydrogen-bond donors (Lipinski definition) is 1. The molecule has 1 rings (SSSR count). The summed E-state index contributed by atoms with van der Waals surface area (Å²) < 4.78 is 9.63. The number of nitrogens with two attached hydrogens (primary N) is 1. The Balaban J connectivity index is 2.49. The lowest BCUT2D eigenvalue weighted by Crippen LogP contribution is -2.01. The van der Waals surface area contributed by atoms with E-state index in [0.717, 1.165) is 18.4 Å². The van der Waals surface area contributed by atoms with Crippen molar-refractivity contribution in [1.29, 1.82) is 0 Å². The van der Waals surface area contributed by atoms with Crippen molar-refractivity contribution in [2.75, 3.05) is 20.0 Å². The molecule has 0 fully saturated rings. The third kappa shape index (κ3) is 3.46. The number of carbonyl (C=O) groups excluding carboxylic acids is 1. The van der Waals surface area contributed by atoms with Crippen LogP contribution in [0.25, 0.3) is 0 Å². The van der Waals surface area contributed by atoms with Crippen LogP contribution in [0.4, 0.5) is 5.69 Å². The second-order valence-electron chi connectivity index (χ2n) is 3.51. The second kappa shape index (κ2) is 6.00. The molecular formula is C12H17NO3. The largest absolute Gasteiger partial charge is 0.495 e. The molecule has 0 aliphatic carbocycles. The van der Waals surface area contributed by atoms with E-state index >= 15 is 0 Å². The summed E-state index contributed by atoms with van der Waals surface area (Å²) in [5.74, 6) is 0.498. The number of rotatable bonds is 5. The van der Waals surface area contributed by atoms with E-state index in [1.807, 2.05) is 18.2 Å². The summed E-state index contributed by atoms with van der Waals surface area (Å²) in [5.41, 5.74) is 7.50. The molecule has 16 heavy (non-hydrogen) atoms. The molecule has 0 aromatic heterocycles. The van der Waals surface area contributed by atoms with Crippen LogP contribution in [0.15, 0.2) is 18.2 Å². The summed E-state index contributed by atoms with van der Waals surface area (Å²) in [6.07, 6.45) is 2.00. The van der Waals surface area contributed by atoms with E-state index in [2.05, 4.69) is 4.74 Å². The van der Waals surface area contributed by atoms with Crippen LogP contribution >= 0.6 is 0 Å². The molecule has 2 N–H and O–H groups in total. The van der Waals surface area contributed by atoms with E-state index in [9.17, 15) is 4.79 Å². The van der Waals surface area contributed by atoms with Gasteiger partial charge < -0.3 is 15.2 Å². The van der Waals surface area contributed by atoms with Crippen LogP contribution in [-0.4, -0.2) is 20.2 Å². The SMILES string of the molecule is COC(=O)CCCc1ccc(OC)c(N)c1. The number of ether oxygens (including phenoxy) is 2. The Hall–Kier alpha value is -1.71. The average Bonchev–Trinajstić information content (AvgIpc) is 2.29. The summed E-state index contributed by atoms with van der Waals surface area (Å²) in [6, 6.07) is 5.66. The van der Waals surface area contributed by atoms with Crippen LogP contribution < -0.4 is 10.5 Å². The predicted octanol–water partition coefficient (Wildman–Crippen LogP) is 1.77. The van der Waals surface area contributed by atoms with Crippen molar-refractivity contribution in [3.63, 3.8) is 0 Å². The van der Waals surface area contributed by atoms with Gasteiger partial charge in [0.2, 0.25) is 0 Å². The van der Waals surface area contributed by atoms with Crippen molar-refractivity contribution >= 4 is 11.7 Å². The van der Waals surface area contributed by atoms with E-state index in [4.69, 9.17) is 10.5 Å². The van der Waals surface area contributed by atoms with Gasteiger partial charge in [-0.25, -0.2) is 0 Å². The number of nitrogen functional groups attached to an aromatic ring is 1. The van der Waals surface area contributed by atoms with Crippen molar-refractivity contribution in [2.45, 2.75) is 19.3 Å². The van der Waals surface area contributed by atoms with Crippen LogP contribution in [-0.2, 0) is 16.0 Å². The Morgan fingerprint density at radius 1 is 1.38 bits per heavy atom. The first-order valence-corrected chi connectivity index (χ1v) is 5.16. The molecule has 1 aromatic carbocycles. The number of esters is 1. The van der Waals surface area contributed by atoms with Gasteiger partial charge in [-0.2, -0.15) is 0 Å². The first kappa shape index (κ1) is 12.4. The van der Waals surface area contributed by atoms with Gasteiger partial charge in [0.15, 0.2) is 0 Å². The Kier molecular flexibility index (Phi) is 4.64. The smallest absolute Gasteiger partial charge is 0.305 e. The van der Waals surface area contributed by atoms with Gasteiger partial charge in [0.05, 0.1) is 19.9 Å². The van der Waals surface area contributed by atoms with Crippen LogP contribution in [0.1, 0.15) is 18.4 Å². The molecule has 0 saturated heterocycles. The maximum absolute atomic E-state index is 10.9. The molecule has 4 nitrogen and oxygen atoms in total. The van der Waals surface area contributed by atoms with Crippen LogP contribution in [0.5, 0.6) is 5.75 Å². The van der Waals surface area contributed by atoms with E-state index in [1.54, 1.807) is 7.11 Å². The molecule has 1 aromatic rings. The van der Waals surface area contributed by atoms with E-state index in [0.29, 0.717) is 17.9 Å². The maximum atomic E-state index is 10.9. The van der Waals surface area contributed by atoms with Crippen molar-refractivity contribution in [2.24, 2.45) is 0 Å². The third-order valence-corrected chi connectivity index (χ3v) is 2.37. The molecule has 0 saturated carbocycles. The fraction of sp³-hybridized carbons (Fsp3) is 0.417. The fourth-order valence-electron chi connectivity index (χ4n) is 1.48. The molecule has 0 aliphatic rings. The summed E-state index contributed by atoms with van der Waals surface area (Å²) in [6.45, 7) is 0. The molecule has 0 amide bonds. The molecule has 0 bridgehead atoms. The minimum Gasteiger partial charge on any atom is -0.495 e. The molecular weight excluding hydrogens is 206 g/mol. The first-order valence-electron chi connectivity index (χ1n) is 5.16. The average molecular weight is 223 g/mol. The summed E-state index contributed by atoms with van der Waals surface area (Å²) >= 11 is 0. The molecule has 0 unspecified atom stereocenters. The first-order chi connectivity index (χ1) is 7.67. The number of aryl methyl sites for hydroxylation is 1. The van der Waals surface area contributed by atoms with Crippen molar-refractivity contribution in [3.8, 4) is 5.75 Å². The minimum atomic E-state index is -0.179.